The molecule has 0 heterocycles. The molecule has 1 N–H and O–H groups in total. The van der Waals surface area contributed by atoms with Gasteiger partial charge in [-0.2, -0.15) is 0 Å². The summed E-state index contributed by atoms with van der Waals surface area (Å²) in [6.45, 7) is 4.73. The van der Waals surface area contributed by atoms with Gasteiger partial charge in [-0.15, -0.1) is 0 Å². The van der Waals surface area contributed by atoms with Crippen LogP contribution in [-0.4, -0.2) is 19.3 Å². The predicted molar refractivity (Wildman–Crippen MR) is 63.7 cm³/mol. The Balaban J connectivity index is 3.25. The first-order valence-corrected chi connectivity index (χ1v) is 5.43. The number of hydrogen-bond acceptors (Lipinski definition) is 3. The van der Waals surface area contributed by atoms with E-state index in [-0.39, 0.29) is 6.61 Å². The molecule has 1 rings (SSSR count). The number of rotatable bonds is 5. The van der Waals surface area contributed by atoms with Gasteiger partial charge in [0.1, 0.15) is 5.75 Å². The largest absolute Gasteiger partial charge is 0.496 e. The number of methoxy groups -OCH3 is 2. The van der Waals surface area contributed by atoms with Crippen LogP contribution in [0.3, 0.4) is 0 Å². The monoisotopic (exact) mass is 224 g/mol. The molecule has 0 atom stereocenters. The average Bonchev–Trinajstić information content (AvgIpc) is 2.28. The van der Waals surface area contributed by atoms with Gasteiger partial charge in [0.2, 0.25) is 0 Å². The minimum atomic E-state index is -0.0134. The number of hydrogen-bond donors (Lipinski definition) is 1. The third-order valence-corrected chi connectivity index (χ3v) is 2.61. The van der Waals surface area contributed by atoms with Gasteiger partial charge in [0.05, 0.1) is 20.3 Å². The van der Waals surface area contributed by atoms with Gasteiger partial charge in [-0.25, -0.2) is 0 Å². The van der Waals surface area contributed by atoms with Crippen molar-refractivity contribution in [2.24, 2.45) is 0 Å². The molecule has 0 bridgehead atoms. The lowest BCUT2D eigenvalue weighted by atomic mass is 9.97. The molecule has 1 aromatic rings. The molecule has 0 saturated carbocycles. The topological polar surface area (TPSA) is 38.7 Å². The lowest BCUT2D eigenvalue weighted by Gasteiger charge is -2.16. The van der Waals surface area contributed by atoms with Crippen LogP contribution in [0.15, 0.2) is 12.1 Å². The molecule has 0 saturated heterocycles. The maximum atomic E-state index is 9.33. The van der Waals surface area contributed by atoms with Crippen LogP contribution in [0.1, 0.15) is 36.5 Å². The van der Waals surface area contributed by atoms with Crippen LogP contribution in [0.5, 0.6) is 5.75 Å². The number of aliphatic hydroxyl groups is 1. The first-order valence-electron chi connectivity index (χ1n) is 5.43. The highest BCUT2D eigenvalue weighted by molar-refractivity contribution is 5.45. The van der Waals surface area contributed by atoms with Crippen molar-refractivity contribution in [2.75, 3.05) is 14.2 Å². The van der Waals surface area contributed by atoms with Crippen LogP contribution in [0.25, 0.3) is 0 Å². The van der Waals surface area contributed by atoms with Crippen molar-refractivity contribution in [1.82, 2.24) is 0 Å². The van der Waals surface area contributed by atoms with E-state index in [1.807, 2.05) is 6.07 Å². The zero-order chi connectivity index (χ0) is 12.1. The van der Waals surface area contributed by atoms with Crippen molar-refractivity contribution in [2.45, 2.75) is 33.0 Å². The Kier molecular flexibility index (Phi) is 4.77. The summed E-state index contributed by atoms with van der Waals surface area (Å²) in [6.07, 6.45) is 0. The standard InChI is InChI=1S/C13H20O3/c1-9(2)10-5-11(7-14)13(16-4)12(6-10)8-15-3/h5-6,9,14H,7-8H2,1-4H3. The second-order valence-corrected chi connectivity index (χ2v) is 4.12. The number of benzene rings is 1. The van der Waals surface area contributed by atoms with E-state index >= 15 is 0 Å². The molecule has 16 heavy (non-hydrogen) atoms. The Labute approximate surface area is 97.0 Å². The van der Waals surface area contributed by atoms with Crippen LogP contribution >= 0.6 is 0 Å². The van der Waals surface area contributed by atoms with Crippen molar-refractivity contribution >= 4 is 0 Å². The number of ether oxygens (including phenoxy) is 2. The Hall–Kier alpha value is -1.06. The van der Waals surface area contributed by atoms with Crippen molar-refractivity contribution in [3.63, 3.8) is 0 Å². The lowest BCUT2D eigenvalue weighted by molar-refractivity contribution is 0.180. The molecule has 3 heteroatoms. The smallest absolute Gasteiger partial charge is 0.129 e. The van der Waals surface area contributed by atoms with Gasteiger partial charge in [0.25, 0.3) is 0 Å². The highest BCUT2D eigenvalue weighted by Crippen LogP contribution is 2.29. The molecular formula is C13H20O3. The van der Waals surface area contributed by atoms with Crippen LogP contribution in [0, 0.1) is 0 Å². The molecule has 1 aromatic carbocycles. The van der Waals surface area contributed by atoms with Gasteiger partial charge in [0, 0.05) is 18.2 Å². The first kappa shape index (κ1) is 13.0. The summed E-state index contributed by atoms with van der Waals surface area (Å²) in [7, 11) is 3.27. The van der Waals surface area contributed by atoms with E-state index < -0.39 is 0 Å². The van der Waals surface area contributed by atoms with Crippen molar-refractivity contribution in [3.05, 3.63) is 28.8 Å². The van der Waals surface area contributed by atoms with Gasteiger partial charge in [-0.05, 0) is 23.6 Å². The van der Waals surface area contributed by atoms with E-state index in [4.69, 9.17) is 9.47 Å². The van der Waals surface area contributed by atoms with Gasteiger partial charge >= 0.3 is 0 Å². The molecule has 0 aliphatic heterocycles. The summed E-state index contributed by atoms with van der Waals surface area (Å²) in [5, 5.41) is 9.33. The van der Waals surface area contributed by atoms with E-state index in [0.717, 1.165) is 16.9 Å². The first-order chi connectivity index (χ1) is 7.63. The van der Waals surface area contributed by atoms with Crippen LogP contribution in [0.2, 0.25) is 0 Å². The van der Waals surface area contributed by atoms with E-state index in [2.05, 4.69) is 19.9 Å². The van der Waals surface area contributed by atoms with Crippen molar-refractivity contribution < 1.29 is 14.6 Å². The summed E-state index contributed by atoms with van der Waals surface area (Å²) in [6, 6.07) is 4.06. The average molecular weight is 224 g/mol. The summed E-state index contributed by atoms with van der Waals surface area (Å²) < 4.78 is 10.5. The van der Waals surface area contributed by atoms with E-state index in [0.29, 0.717) is 12.5 Å². The molecule has 0 aliphatic rings. The Bertz CT molecular complexity index is 345. The van der Waals surface area contributed by atoms with E-state index in [1.165, 1.54) is 5.56 Å². The van der Waals surface area contributed by atoms with Gasteiger partial charge in [-0.1, -0.05) is 13.8 Å². The molecule has 3 nitrogen and oxygen atoms in total. The Morgan fingerprint density at radius 3 is 2.25 bits per heavy atom. The fourth-order valence-corrected chi connectivity index (χ4v) is 1.76. The quantitative estimate of drug-likeness (QED) is 0.835. The minimum absolute atomic E-state index is 0.0134. The third-order valence-electron chi connectivity index (χ3n) is 2.61. The maximum Gasteiger partial charge on any atom is 0.129 e. The highest BCUT2D eigenvalue weighted by atomic mass is 16.5. The van der Waals surface area contributed by atoms with Gasteiger partial charge < -0.3 is 14.6 Å². The normalized spacial score (nSPS) is 10.9. The summed E-state index contributed by atoms with van der Waals surface area (Å²) in [4.78, 5) is 0. The molecular weight excluding hydrogens is 204 g/mol. The number of aliphatic hydroxyl groups excluding tert-OH is 1. The fourth-order valence-electron chi connectivity index (χ4n) is 1.76. The second kappa shape index (κ2) is 5.87. The Morgan fingerprint density at radius 1 is 1.19 bits per heavy atom. The SMILES string of the molecule is COCc1cc(C(C)C)cc(CO)c1OC. The molecule has 0 aromatic heterocycles. The van der Waals surface area contributed by atoms with Crippen molar-refractivity contribution in [1.29, 1.82) is 0 Å². The predicted octanol–water partition coefficient (Wildman–Crippen LogP) is 2.46. The molecule has 0 amide bonds. The molecule has 0 aliphatic carbocycles. The van der Waals surface area contributed by atoms with Crippen LogP contribution < -0.4 is 4.74 Å². The van der Waals surface area contributed by atoms with Crippen molar-refractivity contribution in [3.8, 4) is 5.75 Å². The fraction of sp³-hybridized carbons (Fsp3) is 0.538. The molecule has 0 radical (unpaired) electrons. The second-order valence-electron chi connectivity index (χ2n) is 4.12. The van der Waals surface area contributed by atoms with Crippen LogP contribution in [0.4, 0.5) is 0 Å². The highest BCUT2D eigenvalue weighted by Gasteiger charge is 2.12. The maximum absolute atomic E-state index is 9.33. The molecule has 0 fully saturated rings. The summed E-state index contributed by atoms with van der Waals surface area (Å²) in [5.74, 6) is 1.15. The van der Waals surface area contributed by atoms with E-state index in [9.17, 15) is 5.11 Å². The van der Waals surface area contributed by atoms with Crippen LogP contribution in [-0.2, 0) is 18.0 Å². The lowest BCUT2D eigenvalue weighted by Crippen LogP contribution is -2.02. The molecule has 90 valence electrons. The molecule has 0 spiro atoms. The van der Waals surface area contributed by atoms with E-state index in [1.54, 1.807) is 14.2 Å². The third kappa shape index (κ3) is 2.74. The van der Waals surface area contributed by atoms with Gasteiger partial charge in [0.15, 0.2) is 0 Å². The Morgan fingerprint density at radius 2 is 1.81 bits per heavy atom. The summed E-state index contributed by atoms with van der Waals surface area (Å²) >= 11 is 0. The minimum Gasteiger partial charge on any atom is -0.496 e. The summed E-state index contributed by atoms with van der Waals surface area (Å²) in [5.41, 5.74) is 3.00. The zero-order valence-electron chi connectivity index (χ0n) is 10.4. The zero-order valence-corrected chi connectivity index (χ0v) is 10.4. The molecule has 0 unspecified atom stereocenters. The van der Waals surface area contributed by atoms with Gasteiger partial charge in [-0.3, -0.25) is 0 Å².